The fourth-order valence-corrected chi connectivity index (χ4v) is 5.93. The van der Waals surface area contributed by atoms with Crippen LogP contribution in [0.3, 0.4) is 0 Å². The van der Waals surface area contributed by atoms with Crippen LogP contribution in [0.15, 0.2) is 76.0 Å². The molecule has 162 valence electrons. The molecule has 0 N–H and O–H groups in total. The highest BCUT2D eigenvalue weighted by Crippen LogP contribution is 2.38. The Balaban J connectivity index is 1.36. The van der Waals surface area contributed by atoms with Crippen LogP contribution >= 0.6 is 23.1 Å². The first-order valence-electron chi connectivity index (χ1n) is 10.7. The summed E-state index contributed by atoms with van der Waals surface area (Å²) in [5.74, 6) is 0.761. The molecule has 1 aliphatic heterocycles. The summed E-state index contributed by atoms with van der Waals surface area (Å²) in [6, 6.07) is 21.5. The van der Waals surface area contributed by atoms with Gasteiger partial charge in [-0.05, 0) is 66.3 Å². The zero-order chi connectivity index (χ0) is 22.3. The summed E-state index contributed by atoms with van der Waals surface area (Å²) in [7, 11) is 0. The normalized spacial score (nSPS) is 15.6. The number of rotatable bonds is 4. The summed E-state index contributed by atoms with van der Waals surface area (Å²) in [4.78, 5) is 6.68. The Morgan fingerprint density at radius 1 is 1.03 bits per heavy atom. The number of ether oxygens (including phenoxy) is 1. The van der Waals surface area contributed by atoms with E-state index in [1.807, 2.05) is 17.5 Å². The first-order valence-corrected chi connectivity index (χ1v) is 12.4. The van der Waals surface area contributed by atoms with Crippen LogP contribution in [0.5, 0.6) is 0 Å². The van der Waals surface area contributed by atoms with E-state index in [0.29, 0.717) is 13.2 Å². The molecule has 0 atom stereocenters. The van der Waals surface area contributed by atoms with Crippen LogP contribution in [0.4, 0.5) is 0 Å². The van der Waals surface area contributed by atoms with Gasteiger partial charge in [0.2, 0.25) is 0 Å². The van der Waals surface area contributed by atoms with E-state index >= 15 is 0 Å². The van der Waals surface area contributed by atoms with Crippen molar-refractivity contribution in [2.24, 2.45) is 0 Å². The second kappa shape index (κ2) is 8.27. The zero-order valence-electron chi connectivity index (χ0n) is 17.6. The topological polar surface area (TPSA) is 76.1 Å². The molecule has 0 radical (unpaired) electrons. The maximum Gasteiger partial charge on any atom is 0.197 e. The van der Waals surface area contributed by atoms with Crippen molar-refractivity contribution in [1.29, 1.82) is 5.26 Å². The van der Waals surface area contributed by atoms with Gasteiger partial charge in [0.25, 0.3) is 0 Å². The van der Waals surface area contributed by atoms with Crippen molar-refractivity contribution >= 4 is 39.6 Å². The van der Waals surface area contributed by atoms with Gasteiger partial charge in [-0.15, -0.1) is 21.5 Å². The number of hydrogen-bond donors (Lipinski definition) is 0. The molecule has 0 amide bonds. The SMILES string of the molecule is N#CC1(c2cccc(Sc3ccc4c(ccc5nnc(-c6nccs6)n54)c3)c2)CCOCC1. The fraction of sp³-hybridized carbons (Fsp3) is 0.200. The average Bonchev–Trinajstić information content (AvgIpc) is 3.54. The Bertz CT molecular complexity index is 1500. The van der Waals surface area contributed by atoms with E-state index < -0.39 is 5.41 Å². The van der Waals surface area contributed by atoms with Crippen molar-refractivity contribution in [1.82, 2.24) is 19.6 Å². The third kappa shape index (κ3) is 3.59. The molecule has 6 rings (SSSR count). The molecule has 3 aromatic heterocycles. The van der Waals surface area contributed by atoms with Crippen LogP contribution in [0.1, 0.15) is 18.4 Å². The first-order chi connectivity index (χ1) is 16.3. The van der Waals surface area contributed by atoms with Crippen LogP contribution in [-0.2, 0) is 10.2 Å². The Labute approximate surface area is 198 Å². The molecule has 2 aromatic carbocycles. The number of fused-ring (bicyclic) bond motifs is 3. The van der Waals surface area contributed by atoms with Gasteiger partial charge in [0.15, 0.2) is 16.5 Å². The van der Waals surface area contributed by atoms with Crippen LogP contribution < -0.4 is 0 Å². The van der Waals surface area contributed by atoms with Crippen molar-refractivity contribution in [2.75, 3.05) is 13.2 Å². The smallest absolute Gasteiger partial charge is 0.197 e. The Kier molecular flexibility index (Phi) is 5.10. The Morgan fingerprint density at radius 2 is 1.91 bits per heavy atom. The molecule has 0 saturated carbocycles. The van der Waals surface area contributed by atoms with E-state index in [1.165, 1.54) is 0 Å². The number of pyridine rings is 1. The van der Waals surface area contributed by atoms with Crippen molar-refractivity contribution in [2.45, 2.75) is 28.0 Å². The third-order valence-corrected chi connectivity index (χ3v) is 7.89. The van der Waals surface area contributed by atoms with Gasteiger partial charge in [-0.3, -0.25) is 4.40 Å². The summed E-state index contributed by atoms with van der Waals surface area (Å²) < 4.78 is 7.56. The highest BCUT2D eigenvalue weighted by molar-refractivity contribution is 7.99. The number of aromatic nitrogens is 4. The van der Waals surface area contributed by atoms with E-state index in [0.717, 1.165) is 55.6 Å². The lowest BCUT2D eigenvalue weighted by molar-refractivity contribution is 0.0675. The predicted molar refractivity (Wildman–Crippen MR) is 130 cm³/mol. The monoisotopic (exact) mass is 469 g/mol. The molecule has 0 unspecified atom stereocenters. The number of benzene rings is 2. The van der Waals surface area contributed by atoms with Gasteiger partial charge in [-0.1, -0.05) is 23.9 Å². The van der Waals surface area contributed by atoms with Gasteiger partial charge in [0.1, 0.15) is 0 Å². The molecule has 0 aliphatic carbocycles. The minimum Gasteiger partial charge on any atom is -0.381 e. The largest absolute Gasteiger partial charge is 0.381 e. The van der Waals surface area contributed by atoms with E-state index in [2.05, 4.69) is 68.1 Å². The van der Waals surface area contributed by atoms with Crippen LogP contribution in [0, 0.1) is 11.3 Å². The molecule has 6 nitrogen and oxygen atoms in total. The number of hydrogen-bond acceptors (Lipinski definition) is 7. The van der Waals surface area contributed by atoms with Gasteiger partial charge < -0.3 is 4.74 Å². The quantitative estimate of drug-likeness (QED) is 0.335. The van der Waals surface area contributed by atoms with Crippen molar-refractivity contribution < 1.29 is 4.74 Å². The molecule has 1 saturated heterocycles. The van der Waals surface area contributed by atoms with Crippen molar-refractivity contribution in [3.05, 3.63) is 71.7 Å². The highest BCUT2D eigenvalue weighted by Gasteiger charge is 2.34. The maximum atomic E-state index is 9.93. The summed E-state index contributed by atoms with van der Waals surface area (Å²) in [5, 5.41) is 22.5. The van der Waals surface area contributed by atoms with Crippen LogP contribution in [0.25, 0.3) is 27.4 Å². The Hall–Kier alpha value is -3.25. The first kappa shape index (κ1) is 20.4. The average molecular weight is 470 g/mol. The van der Waals surface area contributed by atoms with E-state index in [1.54, 1.807) is 29.3 Å². The molecule has 0 spiro atoms. The van der Waals surface area contributed by atoms with Crippen molar-refractivity contribution in [3.63, 3.8) is 0 Å². The summed E-state index contributed by atoms with van der Waals surface area (Å²) in [6.45, 7) is 1.27. The second-order valence-electron chi connectivity index (χ2n) is 8.04. The fourth-order valence-electron chi connectivity index (χ4n) is 4.39. The van der Waals surface area contributed by atoms with E-state index in [9.17, 15) is 5.26 Å². The molecule has 33 heavy (non-hydrogen) atoms. The third-order valence-electron chi connectivity index (χ3n) is 6.15. The molecule has 5 aromatic rings. The number of nitriles is 1. The van der Waals surface area contributed by atoms with Crippen LogP contribution in [0.2, 0.25) is 0 Å². The minimum atomic E-state index is -0.454. The minimum absolute atomic E-state index is 0.454. The van der Waals surface area contributed by atoms with Gasteiger partial charge in [0.05, 0.1) is 17.0 Å². The van der Waals surface area contributed by atoms with E-state index in [-0.39, 0.29) is 0 Å². The standard InChI is InChI=1S/C25H19N5OS2/c26-16-25(8-11-31-12-9-25)18-2-1-3-19(15-18)33-20-5-6-21-17(14-20)4-7-22-28-29-23(30(21)22)24-27-10-13-32-24/h1-7,10,13-15H,8-9,11-12H2. The molecule has 0 bridgehead atoms. The molecular formula is C25H19N5OS2. The van der Waals surface area contributed by atoms with Gasteiger partial charge in [0, 0.05) is 34.6 Å². The summed E-state index contributed by atoms with van der Waals surface area (Å²) >= 11 is 3.26. The lowest BCUT2D eigenvalue weighted by Crippen LogP contribution is -2.32. The van der Waals surface area contributed by atoms with E-state index in [4.69, 9.17) is 4.74 Å². The van der Waals surface area contributed by atoms with Gasteiger partial charge in [-0.25, -0.2) is 4.98 Å². The van der Waals surface area contributed by atoms with Gasteiger partial charge in [-0.2, -0.15) is 5.26 Å². The van der Waals surface area contributed by atoms with Gasteiger partial charge >= 0.3 is 0 Å². The molecule has 8 heteroatoms. The number of thiazole rings is 1. The highest BCUT2D eigenvalue weighted by atomic mass is 32.2. The van der Waals surface area contributed by atoms with Crippen molar-refractivity contribution in [3.8, 4) is 16.9 Å². The zero-order valence-corrected chi connectivity index (χ0v) is 19.3. The maximum absolute atomic E-state index is 9.93. The Morgan fingerprint density at radius 3 is 2.73 bits per heavy atom. The summed E-state index contributed by atoms with van der Waals surface area (Å²) in [5.41, 5.74) is 2.48. The predicted octanol–water partition coefficient (Wildman–Crippen LogP) is 5.73. The summed E-state index contributed by atoms with van der Waals surface area (Å²) in [6.07, 6.45) is 3.26. The molecule has 4 heterocycles. The molecular weight excluding hydrogens is 450 g/mol. The lowest BCUT2D eigenvalue weighted by Gasteiger charge is -2.31. The second-order valence-corrected chi connectivity index (χ2v) is 10.1. The lowest BCUT2D eigenvalue weighted by atomic mass is 9.75. The number of nitrogens with zero attached hydrogens (tertiary/aromatic N) is 5. The molecule has 1 fully saturated rings. The molecule has 1 aliphatic rings. The van der Waals surface area contributed by atoms with Crippen LogP contribution in [-0.4, -0.2) is 32.8 Å².